The van der Waals surface area contributed by atoms with Gasteiger partial charge in [-0.25, -0.2) is 0 Å². The lowest BCUT2D eigenvalue weighted by Gasteiger charge is -1.97. The zero-order valence-corrected chi connectivity index (χ0v) is 16.3. The Morgan fingerprint density at radius 2 is 1.46 bits per heavy atom. The highest BCUT2D eigenvalue weighted by atomic mass is 16.3. The fraction of sp³-hybridized carbons (Fsp3) is 0.182. The average molecular weight is 377 g/mol. The predicted octanol–water partition coefficient (Wildman–Crippen LogP) is 5.09. The number of fused-ring (bicyclic) bond motifs is 2. The molecule has 2 aromatic carbocycles. The fourth-order valence-electron chi connectivity index (χ4n) is 2.85. The maximum atomic E-state index is 11.1. The second-order valence-corrected chi connectivity index (χ2v) is 6.46. The van der Waals surface area contributed by atoms with Gasteiger partial charge in [0.15, 0.2) is 17.3 Å². The molecule has 0 unspecified atom stereocenters. The van der Waals surface area contributed by atoms with Gasteiger partial charge in [-0.05, 0) is 48.5 Å². The third-order valence-corrected chi connectivity index (χ3v) is 4.44. The van der Waals surface area contributed by atoms with Crippen LogP contribution < -0.4 is 10.6 Å². The van der Waals surface area contributed by atoms with Crippen molar-refractivity contribution in [1.29, 1.82) is 0 Å². The van der Waals surface area contributed by atoms with Gasteiger partial charge in [-0.15, -0.1) is 0 Å². The van der Waals surface area contributed by atoms with Gasteiger partial charge in [-0.2, -0.15) is 0 Å². The minimum atomic E-state index is -0.0489. The Hall–Kier alpha value is -3.54. The van der Waals surface area contributed by atoms with Crippen LogP contribution in [0, 0.1) is 0 Å². The van der Waals surface area contributed by atoms with E-state index >= 15 is 0 Å². The number of rotatable bonds is 4. The van der Waals surface area contributed by atoms with Crippen LogP contribution >= 0.6 is 0 Å². The Kier molecular flexibility index (Phi) is 5.49. The first-order valence-corrected chi connectivity index (χ1v) is 8.95. The molecule has 144 valence electrons. The van der Waals surface area contributed by atoms with Crippen molar-refractivity contribution in [3.05, 3.63) is 60.0 Å². The van der Waals surface area contributed by atoms with E-state index in [1.807, 2.05) is 56.6 Å². The monoisotopic (exact) mass is 377 g/mol. The molecule has 0 aliphatic carbocycles. The molecule has 0 amide bonds. The van der Waals surface area contributed by atoms with E-state index in [4.69, 9.17) is 4.42 Å². The van der Waals surface area contributed by atoms with Crippen molar-refractivity contribution in [2.24, 2.45) is 0 Å². The van der Waals surface area contributed by atoms with Crippen LogP contribution in [0.5, 0.6) is 0 Å². The normalized spacial score (nSPS) is 10.4. The molecular weight excluding hydrogens is 354 g/mol. The lowest BCUT2D eigenvalue weighted by atomic mass is 10.2. The van der Waals surface area contributed by atoms with Gasteiger partial charge in [0, 0.05) is 55.6 Å². The van der Waals surface area contributed by atoms with Gasteiger partial charge in [-0.3, -0.25) is 9.59 Å². The van der Waals surface area contributed by atoms with Gasteiger partial charge in [0.2, 0.25) is 0 Å². The number of aromatic amines is 1. The fourth-order valence-corrected chi connectivity index (χ4v) is 2.85. The molecule has 6 nitrogen and oxygen atoms in total. The second kappa shape index (κ2) is 8.00. The molecule has 6 heteroatoms. The van der Waals surface area contributed by atoms with Crippen molar-refractivity contribution in [3.63, 3.8) is 0 Å². The smallest absolute Gasteiger partial charge is 0.194 e. The van der Waals surface area contributed by atoms with E-state index in [0.29, 0.717) is 11.5 Å². The Morgan fingerprint density at radius 1 is 0.821 bits per heavy atom. The Balaban J connectivity index is 0.000000161. The SMILES string of the molecule is CNc1ccc2[nH]c(C(C)=O)cc2c1.CNc1ccc2oc(C(C)=O)cc2c1. The molecule has 3 N–H and O–H groups in total. The number of furan rings is 1. The number of benzene rings is 2. The summed E-state index contributed by atoms with van der Waals surface area (Å²) in [5.74, 6) is 0.424. The summed E-state index contributed by atoms with van der Waals surface area (Å²) in [5.41, 5.74) is 4.46. The number of hydrogen-bond acceptors (Lipinski definition) is 5. The van der Waals surface area contributed by atoms with Crippen LogP contribution in [0.1, 0.15) is 34.9 Å². The van der Waals surface area contributed by atoms with Gasteiger partial charge >= 0.3 is 0 Å². The average Bonchev–Trinajstić information content (AvgIpc) is 3.31. The van der Waals surface area contributed by atoms with Crippen LogP contribution in [0.4, 0.5) is 11.4 Å². The second-order valence-electron chi connectivity index (χ2n) is 6.46. The van der Waals surface area contributed by atoms with Crippen LogP contribution in [0.25, 0.3) is 21.9 Å². The van der Waals surface area contributed by atoms with E-state index < -0.39 is 0 Å². The Labute approximate surface area is 162 Å². The van der Waals surface area contributed by atoms with E-state index in [0.717, 1.165) is 33.2 Å². The number of carbonyl (C=O) groups is 2. The van der Waals surface area contributed by atoms with Crippen molar-refractivity contribution in [2.75, 3.05) is 24.7 Å². The van der Waals surface area contributed by atoms with Crippen molar-refractivity contribution < 1.29 is 14.0 Å². The molecule has 4 rings (SSSR count). The summed E-state index contributed by atoms with van der Waals surface area (Å²) in [4.78, 5) is 25.3. The largest absolute Gasteiger partial charge is 0.453 e. The highest BCUT2D eigenvalue weighted by Crippen LogP contribution is 2.23. The number of anilines is 2. The lowest BCUT2D eigenvalue weighted by molar-refractivity contribution is 0.0986. The van der Waals surface area contributed by atoms with Crippen LogP contribution in [0.3, 0.4) is 0 Å². The summed E-state index contributed by atoms with van der Waals surface area (Å²) < 4.78 is 5.35. The molecule has 0 bridgehead atoms. The maximum absolute atomic E-state index is 11.1. The molecule has 4 aromatic rings. The van der Waals surface area contributed by atoms with E-state index in [1.165, 1.54) is 6.92 Å². The maximum Gasteiger partial charge on any atom is 0.194 e. The molecule has 0 aliphatic heterocycles. The number of Topliss-reactive ketones (excluding diaryl/α,β-unsaturated/α-hetero) is 2. The van der Waals surface area contributed by atoms with Crippen LogP contribution in [0.2, 0.25) is 0 Å². The third kappa shape index (κ3) is 4.06. The molecule has 0 aliphatic rings. The molecule has 0 atom stereocenters. The summed E-state index contributed by atoms with van der Waals surface area (Å²) in [5, 5.41) is 8.09. The molecule has 0 radical (unpaired) electrons. The third-order valence-electron chi connectivity index (χ3n) is 4.44. The number of H-pyrrole nitrogens is 1. The van der Waals surface area contributed by atoms with Crippen molar-refractivity contribution >= 4 is 44.8 Å². The first kappa shape index (κ1) is 19.2. The summed E-state index contributed by atoms with van der Waals surface area (Å²) in [6, 6.07) is 15.3. The van der Waals surface area contributed by atoms with Crippen LogP contribution in [0.15, 0.2) is 52.9 Å². The van der Waals surface area contributed by atoms with Gasteiger partial charge in [0.25, 0.3) is 0 Å². The predicted molar refractivity (Wildman–Crippen MR) is 114 cm³/mol. The highest BCUT2D eigenvalue weighted by Gasteiger charge is 2.07. The van der Waals surface area contributed by atoms with Gasteiger partial charge in [0.1, 0.15) is 5.58 Å². The highest BCUT2D eigenvalue weighted by molar-refractivity contribution is 5.98. The van der Waals surface area contributed by atoms with Gasteiger partial charge < -0.3 is 20.0 Å². The van der Waals surface area contributed by atoms with Crippen molar-refractivity contribution in [1.82, 2.24) is 4.98 Å². The van der Waals surface area contributed by atoms with Crippen LogP contribution in [-0.4, -0.2) is 30.6 Å². The van der Waals surface area contributed by atoms with Gasteiger partial charge in [-0.1, -0.05) is 0 Å². The number of aromatic nitrogens is 1. The van der Waals surface area contributed by atoms with Crippen molar-refractivity contribution in [3.8, 4) is 0 Å². The standard InChI is InChI=1S/C11H12N2O.C11H11NO2/c1-7(14)11-6-8-5-9(12-2)3-4-10(8)13-11;1-7(13)11-6-8-5-9(12-2)3-4-10(8)14-11/h3-6,12-13H,1-2H3;3-6,12H,1-2H3. The molecule has 0 saturated heterocycles. The minimum Gasteiger partial charge on any atom is -0.453 e. The first-order chi connectivity index (χ1) is 13.4. The Bertz CT molecular complexity index is 1060. The molecular formula is C22H23N3O3. The number of ketones is 2. The van der Waals surface area contributed by atoms with E-state index in [2.05, 4.69) is 15.6 Å². The zero-order chi connectivity index (χ0) is 20.3. The molecule has 28 heavy (non-hydrogen) atoms. The lowest BCUT2D eigenvalue weighted by Crippen LogP contribution is -1.89. The molecule has 0 saturated carbocycles. The minimum absolute atomic E-state index is 0.0489. The summed E-state index contributed by atoms with van der Waals surface area (Å²) >= 11 is 0. The molecule has 0 fully saturated rings. The van der Waals surface area contributed by atoms with Crippen molar-refractivity contribution in [2.45, 2.75) is 13.8 Å². The quantitative estimate of drug-likeness (QED) is 0.431. The topological polar surface area (TPSA) is 87.1 Å². The Morgan fingerprint density at radius 3 is 2.07 bits per heavy atom. The molecule has 2 aromatic heterocycles. The van der Waals surface area contributed by atoms with E-state index in [1.54, 1.807) is 13.0 Å². The van der Waals surface area contributed by atoms with Crippen LogP contribution in [-0.2, 0) is 0 Å². The first-order valence-electron chi connectivity index (χ1n) is 8.95. The number of carbonyl (C=O) groups excluding carboxylic acids is 2. The van der Waals surface area contributed by atoms with E-state index in [9.17, 15) is 9.59 Å². The summed E-state index contributed by atoms with van der Waals surface area (Å²) in [6.45, 7) is 3.06. The molecule has 2 heterocycles. The van der Waals surface area contributed by atoms with E-state index in [-0.39, 0.29) is 11.6 Å². The molecule has 0 spiro atoms. The summed E-state index contributed by atoms with van der Waals surface area (Å²) in [7, 11) is 3.73. The number of hydrogen-bond donors (Lipinski definition) is 3. The van der Waals surface area contributed by atoms with Gasteiger partial charge in [0.05, 0.1) is 5.69 Å². The zero-order valence-electron chi connectivity index (χ0n) is 16.3. The summed E-state index contributed by atoms with van der Waals surface area (Å²) in [6.07, 6.45) is 0. The number of nitrogens with one attached hydrogen (secondary N) is 3.